The molecule has 6 heteroatoms. The second-order valence-electron chi connectivity index (χ2n) is 6.71. The molecule has 2 amide bonds. The predicted octanol–water partition coefficient (Wildman–Crippen LogP) is 3.55. The fourth-order valence-electron chi connectivity index (χ4n) is 3.72. The van der Waals surface area contributed by atoms with Gasteiger partial charge in [-0.2, -0.15) is 0 Å². The van der Waals surface area contributed by atoms with Crippen LogP contribution >= 0.6 is 0 Å². The molecule has 1 N–H and O–H groups in total. The molecular formula is C21H21N3O3. The molecule has 1 saturated carbocycles. The van der Waals surface area contributed by atoms with Gasteiger partial charge in [0.15, 0.2) is 0 Å². The van der Waals surface area contributed by atoms with Gasteiger partial charge >= 0.3 is 0 Å². The molecule has 1 fully saturated rings. The van der Waals surface area contributed by atoms with Crippen LogP contribution in [0.15, 0.2) is 53.5 Å². The minimum Gasteiger partial charge on any atom is -0.495 e. The Bertz CT molecular complexity index is 922. The zero-order valence-electron chi connectivity index (χ0n) is 15.1. The van der Waals surface area contributed by atoms with Crippen molar-refractivity contribution < 1.29 is 14.3 Å². The maximum absolute atomic E-state index is 13.1. The lowest BCUT2D eigenvalue weighted by Crippen LogP contribution is -2.41. The van der Waals surface area contributed by atoms with Gasteiger partial charge < -0.3 is 15.0 Å². The molecule has 1 heterocycles. The summed E-state index contributed by atoms with van der Waals surface area (Å²) in [6.07, 6.45) is 2.58. The summed E-state index contributed by atoms with van der Waals surface area (Å²) < 4.78 is 5.28. The number of carbonyl (C=O) groups excluding carboxylic acids is 2. The maximum Gasteiger partial charge on any atom is 0.244 e. The number of aliphatic imine (C=N–C) groups is 1. The van der Waals surface area contributed by atoms with E-state index in [2.05, 4.69) is 5.32 Å². The van der Waals surface area contributed by atoms with Gasteiger partial charge in [-0.25, -0.2) is 0 Å². The highest BCUT2D eigenvalue weighted by atomic mass is 16.5. The van der Waals surface area contributed by atoms with E-state index in [-0.39, 0.29) is 24.3 Å². The number of rotatable bonds is 4. The van der Waals surface area contributed by atoms with Gasteiger partial charge in [0.05, 0.1) is 30.1 Å². The zero-order valence-corrected chi connectivity index (χ0v) is 15.1. The molecular weight excluding hydrogens is 342 g/mol. The molecule has 1 unspecified atom stereocenters. The molecule has 0 spiro atoms. The van der Waals surface area contributed by atoms with Gasteiger partial charge in [-0.05, 0) is 43.5 Å². The van der Waals surface area contributed by atoms with Crippen LogP contribution in [-0.4, -0.2) is 31.2 Å². The number of hydrogen-bond acceptors (Lipinski definition) is 4. The summed E-state index contributed by atoms with van der Waals surface area (Å²) >= 11 is 0. The Labute approximate surface area is 157 Å². The van der Waals surface area contributed by atoms with Crippen LogP contribution in [-0.2, 0) is 9.59 Å². The molecule has 0 aromatic heterocycles. The molecule has 138 valence electrons. The Morgan fingerprint density at radius 1 is 1.22 bits per heavy atom. The van der Waals surface area contributed by atoms with Crippen LogP contribution in [0.3, 0.4) is 0 Å². The van der Waals surface area contributed by atoms with Gasteiger partial charge in [-0.3, -0.25) is 14.6 Å². The number of anilines is 2. The molecule has 6 nitrogen and oxygen atoms in total. The highest BCUT2D eigenvalue weighted by Gasteiger charge is 2.37. The van der Waals surface area contributed by atoms with Crippen LogP contribution in [0.4, 0.5) is 17.1 Å². The molecule has 1 atom stereocenters. The van der Waals surface area contributed by atoms with E-state index in [0.29, 0.717) is 17.1 Å². The van der Waals surface area contributed by atoms with Crippen molar-refractivity contribution in [2.75, 3.05) is 23.9 Å². The van der Waals surface area contributed by atoms with Gasteiger partial charge in [0.25, 0.3) is 0 Å². The first-order valence-corrected chi connectivity index (χ1v) is 9.08. The van der Waals surface area contributed by atoms with Gasteiger partial charge in [0.2, 0.25) is 11.8 Å². The van der Waals surface area contributed by atoms with Crippen molar-refractivity contribution >= 4 is 34.6 Å². The summed E-state index contributed by atoms with van der Waals surface area (Å²) in [5, 5.41) is 2.84. The lowest BCUT2D eigenvalue weighted by atomic mass is 10.1. The van der Waals surface area contributed by atoms with Gasteiger partial charge in [0.1, 0.15) is 12.3 Å². The molecule has 2 aromatic rings. The minimum atomic E-state index is -0.274. The number of carbonyl (C=O) groups is 2. The normalized spacial score (nSPS) is 18.3. The lowest BCUT2D eigenvalue weighted by molar-refractivity contribution is -0.123. The summed E-state index contributed by atoms with van der Waals surface area (Å²) in [6.45, 7) is -0.0623. The third-order valence-corrected chi connectivity index (χ3v) is 5.01. The SMILES string of the molecule is COc1ccccc1NC(=O)CN1C(=O)C2CCCC2=Nc2ccccc21. The number of nitrogens with zero attached hydrogens (tertiary/aromatic N) is 2. The maximum atomic E-state index is 13.1. The average molecular weight is 363 g/mol. The van der Waals surface area contributed by atoms with E-state index in [9.17, 15) is 9.59 Å². The highest BCUT2D eigenvalue weighted by Crippen LogP contribution is 2.37. The van der Waals surface area contributed by atoms with Crippen molar-refractivity contribution in [3.05, 3.63) is 48.5 Å². The van der Waals surface area contributed by atoms with Crippen LogP contribution in [0.2, 0.25) is 0 Å². The third-order valence-electron chi connectivity index (χ3n) is 5.01. The fourth-order valence-corrected chi connectivity index (χ4v) is 3.72. The van der Waals surface area contributed by atoms with E-state index in [1.54, 1.807) is 24.1 Å². The standard InChI is InChI=1S/C21H21N3O3/c1-27-19-12-5-3-9-17(19)23-20(25)13-24-18-11-4-2-8-16(18)22-15-10-6-7-14(15)21(24)26/h2-5,8-9,11-12,14H,6-7,10,13H2,1H3,(H,23,25). The molecule has 0 radical (unpaired) electrons. The second kappa shape index (κ2) is 7.23. The van der Waals surface area contributed by atoms with Crippen molar-refractivity contribution in [3.8, 4) is 5.75 Å². The predicted molar refractivity (Wildman–Crippen MR) is 105 cm³/mol. The number of para-hydroxylation sites is 4. The van der Waals surface area contributed by atoms with E-state index in [0.717, 1.165) is 30.7 Å². The number of fused-ring (bicyclic) bond motifs is 2. The van der Waals surface area contributed by atoms with E-state index in [1.165, 1.54) is 0 Å². The quantitative estimate of drug-likeness (QED) is 0.903. The Morgan fingerprint density at radius 2 is 2.00 bits per heavy atom. The third kappa shape index (κ3) is 3.30. The van der Waals surface area contributed by atoms with Crippen molar-refractivity contribution in [2.24, 2.45) is 10.9 Å². The monoisotopic (exact) mass is 363 g/mol. The number of nitrogens with one attached hydrogen (secondary N) is 1. The van der Waals surface area contributed by atoms with Crippen LogP contribution in [0, 0.1) is 5.92 Å². The van der Waals surface area contributed by atoms with Crippen LogP contribution in [0.25, 0.3) is 0 Å². The topological polar surface area (TPSA) is 71.0 Å². The number of methoxy groups -OCH3 is 1. The molecule has 0 saturated heterocycles. The van der Waals surface area contributed by atoms with E-state index in [4.69, 9.17) is 9.73 Å². The Hall–Kier alpha value is -3.15. The van der Waals surface area contributed by atoms with Crippen LogP contribution in [0.1, 0.15) is 19.3 Å². The van der Waals surface area contributed by atoms with Crippen molar-refractivity contribution in [2.45, 2.75) is 19.3 Å². The largest absolute Gasteiger partial charge is 0.495 e. The summed E-state index contributed by atoms with van der Waals surface area (Å²) in [5.41, 5.74) is 2.94. The van der Waals surface area contributed by atoms with Gasteiger partial charge in [-0.15, -0.1) is 0 Å². The lowest BCUT2D eigenvalue weighted by Gasteiger charge is -2.24. The minimum absolute atomic E-state index is 0.0497. The van der Waals surface area contributed by atoms with Gasteiger partial charge in [-0.1, -0.05) is 24.3 Å². The molecule has 2 aromatic carbocycles. The summed E-state index contributed by atoms with van der Waals surface area (Å²) in [7, 11) is 1.55. The molecule has 1 aliphatic carbocycles. The number of amides is 2. The summed E-state index contributed by atoms with van der Waals surface area (Å²) in [6, 6.07) is 14.7. The molecule has 2 aliphatic rings. The molecule has 4 rings (SSSR count). The first-order valence-electron chi connectivity index (χ1n) is 9.08. The zero-order chi connectivity index (χ0) is 18.8. The average Bonchev–Trinajstić information content (AvgIpc) is 3.11. The number of ether oxygens (including phenoxy) is 1. The molecule has 1 aliphatic heterocycles. The van der Waals surface area contributed by atoms with E-state index in [1.807, 2.05) is 36.4 Å². The van der Waals surface area contributed by atoms with Crippen LogP contribution < -0.4 is 15.0 Å². The van der Waals surface area contributed by atoms with Gasteiger partial charge in [0, 0.05) is 5.71 Å². The van der Waals surface area contributed by atoms with Crippen LogP contribution in [0.5, 0.6) is 5.75 Å². The van der Waals surface area contributed by atoms with Crippen molar-refractivity contribution in [1.29, 1.82) is 0 Å². The Balaban J connectivity index is 1.61. The fraction of sp³-hybridized carbons (Fsp3) is 0.286. The Kier molecular flexibility index (Phi) is 4.62. The smallest absolute Gasteiger partial charge is 0.244 e. The van der Waals surface area contributed by atoms with Crippen molar-refractivity contribution in [1.82, 2.24) is 0 Å². The van der Waals surface area contributed by atoms with E-state index >= 15 is 0 Å². The first kappa shape index (κ1) is 17.3. The second-order valence-corrected chi connectivity index (χ2v) is 6.71. The molecule has 27 heavy (non-hydrogen) atoms. The van der Waals surface area contributed by atoms with Crippen molar-refractivity contribution in [3.63, 3.8) is 0 Å². The summed E-state index contributed by atoms with van der Waals surface area (Å²) in [4.78, 5) is 32.1. The highest BCUT2D eigenvalue weighted by molar-refractivity contribution is 6.16. The number of benzene rings is 2. The number of hydrogen-bond donors (Lipinski definition) is 1. The van der Waals surface area contributed by atoms with E-state index < -0.39 is 0 Å². The first-order chi connectivity index (χ1) is 13.2. The Morgan fingerprint density at radius 3 is 2.85 bits per heavy atom. The molecule has 0 bridgehead atoms. The summed E-state index contributed by atoms with van der Waals surface area (Å²) in [5.74, 6) is 0.0294.